The van der Waals surface area contributed by atoms with Crippen molar-refractivity contribution in [2.45, 2.75) is 20.0 Å². The lowest BCUT2D eigenvalue weighted by molar-refractivity contribution is 0.164. The average molecular weight is 126 g/mol. The van der Waals surface area contributed by atoms with E-state index in [-0.39, 0.29) is 5.92 Å². The lowest BCUT2D eigenvalue weighted by atomic mass is 10.0. The second-order valence-electron chi connectivity index (χ2n) is 2.47. The third kappa shape index (κ3) is 2.47. The highest BCUT2D eigenvalue weighted by molar-refractivity contribution is 5.16. The Bertz CT molecular complexity index is 114. The van der Waals surface area contributed by atoms with E-state index in [0.29, 0.717) is 5.57 Å². The second-order valence-corrected chi connectivity index (χ2v) is 2.47. The minimum atomic E-state index is -0.428. The molecule has 9 heavy (non-hydrogen) atoms. The van der Waals surface area contributed by atoms with Crippen LogP contribution in [0.25, 0.3) is 0 Å². The van der Waals surface area contributed by atoms with Gasteiger partial charge in [0.25, 0.3) is 0 Å². The van der Waals surface area contributed by atoms with Gasteiger partial charge in [0.15, 0.2) is 0 Å². The Balaban J connectivity index is 3.87. The van der Waals surface area contributed by atoms with Gasteiger partial charge in [-0.3, -0.25) is 0 Å². The zero-order chi connectivity index (χ0) is 7.44. The maximum Gasteiger partial charge on any atom is 0.0807 e. The molecule has 0 heterocycles. The molecule has 1 atom stereocenters. The average Bonchev–Trinajstić information content (AvgIpc) is 1.84. The first-order chi connectivity index (χ1) is 4.09. The number of rotatable bonds is 3. The van der Waals surface area contributed by atoms with E-state index in [2.05, 4.69) is 13.2 Å². The van der Waals surface area contributed by atoms with E-state index in [4.69, 9.17) is 0 Å². The fourth-order valence-electron chi connectivity index (χ4n) is 0.549. The molecule has 0 aromatic carbocycles. The fourth-order valence-corrected chi connectivity index (χ4v) is 0.549. The van der Waals surface area contributed by atoms with Crippen molar-refractivity contribution < 1.29 is 5.11 Å². The summed E-state index contributed by atoms with van der Waals surface area (Å²) in [6, 6.07) is 0. The van der Waals surface area contributed by atoms with Gasteiger partial charge in [0.2, 0.25) is 0 Å². The summed E-state index contributed by atoms with van der Waals surface area (Å²) in [5.74, 6) is 0.232. The van der Waals surface area contributed by atoms with Crippen LogP contribution in [-0.4, -0.2) is 11.2 Å². The number of aliphatic hydroxyl groups is 1. The summed E-state index contributed by atoms with van der Waals surface area (Å²) in [5.41, 5.74) is 0.699. The van der Waals surface area contributed by atoms with Crippen molar-refractivity contribution in [1.82, 2.24) is 0 Å². The van der Waals surface area contributed by atoms with Crippen LogP contribution < -0.4 is 0 Å². The van der Waals surface area contributed by atoms with Gasteiger partial charge in [-0.05, 0) is 11.5 Å². The third-order valence-corrected chi connectivity index (χ3v) is 1.27. The molecule has 0 saturated heterocycles. The Morgan fingerprint density at radius 2 is 2.00 bits per heavy atom. The Morgan fingerprint density at radius 1 is 1.56 bits per heavy atom. The molecule has 0 aromatic rings. The first-order valence-corrected chi connectivity index (χ1v) is 3.09. The minimum Gasteiger partial charge on any atom is -0.388 e. The summed E-state index contributed by atoms with van der Waals surface area (Å²) >= 11 is 0. The lowest BCUT2D eigenvalue weighted by Gasteiger charge is -2.13. The molecule has 0 bridgehead atoms. The van der Waals surface area contributed by atoms with Gasteiger partial charge < -0.3 is 5.11 Å². The van der Waals surface area contributed by atoms with E-state index in [9.17, 15) is 5.11 Å². The van der Waals surface area contributed by atoms with Gasteiger partial charge in [0, 0.05) is 0 Å². The van der Waals surface area contributed by atoms with E-state index in [1.54, 1.807) is 6.08 Å². The SMILES string of the molecule is C=CC(=C)[C@H](O)C(C)C. The van der Waals surface area contributed by atoms with Crippen LogP contribution in [0.3, 0.4) is 0 Å². The van der Waals surface area contributed by atoms with Crippen LogP contribution in [-0.2, 0) is 0 Å². The summed E-state index contributed by atoms with van der Waals surface area (Å²) in [6.07, 6.45) is 1.16. The maximum absolute atomic E-state index is 9.22. The van der Waals surface area contributed by atoms with E-state index < -0.39 is 6.10 Å². The smallest absolute Gasteiger partial charge is 0.0807 e. The zero-order valence-corrected chi connectivity index (χ0v) is 6.09. The van der Waals surface area contributed by atoms with Crippen LogP contribution in [0.5, 0.6) is 0 Å². The first kappa shape index (κ1) is 8.44. The Kier molecular flexibility index (Phi) is 3.25. The van der Waals surface area contributed by atoms with Crippen LogP contribution in [0.2, 0.25) is 0 Å². The molecule has 0 fully saturated rings. The van der Waals surface area contributed by atoms with E-state index in [1.165, 1.54) is 0 Å². The molecule has 0 aliphatic heterocycles. The Labute approximate surface area is 56.7 Å². The summed E-state index contributed by atoms with van der Waals surface area (Å²) in [7, 11) is 0. The molecule has 0 saturated carbocycles. The van der Waals surface area contributed by atoms with Crippen LogP contribution in [0.4, 0.5) is 0 Å². The topological polar surface area (TPSA) is 20.2 Å². The van der Waals surface area contributed by atoms with E-state index >= 15 is 0 Å². The molecular weight excluding hydrogens is 112 g/mol. The molecule has 0 aliphatic carbocycles. The highest BCUT2D eigenvalue weighted by Gasteiger charge is 2.09. The minimum absolute atomic E-state index is 0.232. The van der Waals surface area contributed by atoms with Crippen LogP contribution in [0, 0.1) is 5.92 Å². The molecule has 0 unspecified atom stereocenters. The predicted molar refractivity (Wildman–Crippen MR) is 40.2 cm³/mol. The van der Waals surface area contributed by atoms with Gasteiger partial charge in [0.05, 0.1) is 6.10 Å². The van der Waals surface area contributed by atoms with Crippen molar-refractivity contribution in [3.63, 3.8) is 0 Å². The molecule has 0 radical (unpaired) electrons. The molecule has 0 spiro atoms. The molecule has 0 aromatic heterocycles. The summed E-state index contributed by atoms with van der Waals surface area (Å²) < 4.78 is 0. The molecule has 1 heteroatoms. The predicted octanol–water partition coefficient (Wildman–Crippen LogP) is 1.75. The van der Waals surface area contributed by atoms with Crippen molar-refractivity contribution in [3.8, 4) is 0 Å². The van der Waals surface area contributed by atoms with Crippen LogP contribution >= 0.6 is 0 Å². The third-order valence-electron chi connectivity index (χ3n) is 1.27. The molecule has 1 nitrogen and oxygen atoms in total. The van der Waals surface area contributed by atoms with E-state index in [1.807, 2.05) is 13.8 Å². The molecule has 52 valence electrons. The van der Waals surface area contributed by atoms with Gasteiger partial charge >= 0.3 is 0 Å². The Hall–Kier alpha value is -0.560. The summed E-state index contributed by atoms with van der Waals surface area (Å²) in [6.45, 7) is 11.0. The van der Waals surface area contributed by atoms with Crippen LogP contribution in [0.1, 0.15) is 13.8 Å². The van der Waals surface area contributed by atoms with Gasteiger partial charge in [-0.25, -0.2) is 0 Å². The van der Waals surface area contributed by atoms with Gasteiger partial charge in [-0.2, -0.15) is 0 Å². The van der Waals surface area contributed by atoms with Crippen LogP contribution in [0.15, 0.2) is 24.8 Å². The van der Waals surface area contributed by atoms with Gasteiger partial charge in [0.1, 0.15) is 0 Å². The molecular formula is C8H14O. The number of hydrogen-bond donors (Lipinski definition) is 1. The first-order valence-electron chi connectivity index (χ1n) is 3.09. The standard InChI is InChI=1S/C8H14O/c1-5-7(4)8(9)6(2)3/h5-6,8-9H,1,4H2,2-3H3/t8-/m1/s1. The van der Waals surface area contributed by atoms with Crippen molar-refractivity contribution in [2.24, 2.45) is 5.92 Å². The quantitative estimate of drug-likeness (QED) is 0.571. The van der Waals surface area contributed by atoms with Crippen molar-refractivity contribution >= 4 is 0 Å². The fraction of sp³-hybridized carbons (Fsp3) is 0.500. The molecule has 0 rings (SSSR count). The second kappa shape index (κ2) is 3.46. The van der Waals surface area contributed by atoms with E-state index in [0.717, 1.165) is 0 Å². The summed E-state index contributed by atoms with van der Waals surface area (Å²) in [4.78, 5) is 0. The largest absolute Gasteiger partial charge is 0.388 e. The van der Waals surface area contributed by atoms with Gasteiger partial charge in [-0.1, -0.05) is 33.1 Å². The monoisotopic (exact) mass is 126 g/mol. The highest BCUT2D eigenvalue weighted by Crippen LogP contribution is 2.09. The van der Waals surface area contributed by atoms with Crippen molar-refractivity contribution in [2.75, 3.05) is 0 Å². The number of aliphatic hydroxyl groups excluding tert-OH is 1. The number of hydrogen-bond acceptors (Lipinski definition) is 1. The van der Waals surface area contributed by atoms with Gasteiger partial charge in [-0.15, -0.1) is 0 Å². The Morgan fingerprint density at radius 3 is 2.11 bits per heavy atom. The van der Waals surface area contributed by atoms with Crippen molar-refractivity contribution in [3.05, 3.63) is 24.8 Å². The molecule has 1 N–H and O–H groups in total. The molecule has 0 aliphatic rings. The maximum atomic E-state index is 9.22. The lowest BCUT2D eigenvalue weighted by Crippen LogP contribution is -2.15. The normalized spacial score (nSPS) is 13.3. The summed E-state index contributed by atoms with van der Waals surface area (Å²) in [5, 5.41) is 9.22. The van der Waals surface area contributed by atoms with Crippen molar-refractivity contribution in [1.29, 1.82) is 0 Å². The zero-order valence-electron chi connectivity index (χ0n) is 6.09. The highest BCUT2D eigenvalue weighted by atomic mass is 16.3. The molecule has 0 amide bonds.